The van der Waals surface area contributed by atoms with Gasteiger partial charge in [0.25, 0.3) is 5.91 Å². The first-order valence-corrected chi connectivity index (χ1v) is 5.47. The Morgan fingerprint density at radius 3 is 2.40 bits per heavy atom. The minimum atomic E-state index is -1.60. The highest BCUT2D eigenvalue weighted by molar-refractivity contribution is 6.02. The fourth-order valence-electron chi connectivity index (χ4n) is 1.42. The number of nitrogens with zero attached hydrogens (tertiary/aromatic N) is 2. The molecule has 1 aromatic carbocycles. The molecule has 1 aromatic heterocycles. The molecule has 2 rings (SSSR count). The van der Waals surface area contributed by atoms with Crippen molar-refractivity contribution in [3.63, 3.8) is 0 Å². The molecule has 8 heteroatoms. The van der Waals surface area contributed by atoms with Crippen molar-refractivity contribution in [1.82, 2.24) is 9.97 Å². The van der Waals surface area contributed by atoms with E-state index in [0.29, 0.717) is 18.0 Å². The zero-order valence-electron chi connectivity index (χ0n) is 10.2. The van der Waals surface area contributed by atoms with Gasteiger partial charge in [-0.1, -0.05) is 0 Å². The van der Waals surface area contributed by atoms with Crippen molar-refractivity contribution in [2.75, 3.05) is 17.7 Å². The zero-order chi connectivity index (χ0) is 14.7. The minimum absolute atomic E-state index is 0.0537. The van der Waals surface area contributed by atoms with Crippen LogP contribution in [0.2, 0.25) is 0 Å². The van der Waals surface area contributed by atoms with Gasteiger partial charge >= 0.3 is 0 Å². The summed E-state index contributed by atoms with van der Waals surface area (Å²) in [6.07, 6.45) is 2.58. The first-order valence-electron chi connectivity index (χ1n) is 5.47. The van der Waals surface area contributed by atoms with E-state index in [1.54, 1.807) is 7.05 Å². The molecule has 0 aliphatic carbocycles. The predicted molar refractivity (Wildman–Crippen MR) is 65.8 cm³/mol. The fourth-order valence-corrected chi connectivity index (χ4v) is 1.42. The summed E-state index contributed by atoms with van der Waals surface area (Å²) >= 11 is 0. The van der Waals surface area contributed by atoms with E-state index < -0.39 is 23.4 Å². The molecule has 0 saturated heterocycles. The molecule has 1 amide bonds. The molecule has 2 N–H and O–H groups in total. The molecule has 0 unspecified atom stereocenters. The Bertz CT molecular complexity index is 640. The second-order valence-electron chi connectivity index (χ2n) is 3.75. The van der Waals surface area contributed by atoms with Crippen LogP contribution >= 0.6 is 0 Å². The van der Waals surface area contributed by atoms with Gasteiger partial charge in [-0.25, -0.2) is 18.2 Å². The number of hydrogen-bond acceptors (Lipinski definition) is 4. The largest absolute Gasteiger partial charge is 0.372 e. The van der Waals surface area contributed by atoms with Gasteiger partial charge in [-0.2, -0.15) is 0 Å². The van der Waals surface area contributed by atoms with E-state index in [2.05, 4.69) is 20.6 Å². The maximum atomic E-state index is 13.0. The lowest BCUT2D eigenvalue weighted by atomic mass is 10.2. The number of hydrogen-bond donors (Lipinski definition) is 2. The number of halogens is 3. The number of amides is 1. The number of nitrogens with one attached hydrogen (secondary N) is 2. The van der Waals surface area contributed by atoms with E-state index in [-0.39, 0.29) is 11.4 Å². The average molecular weight is 282 g/mol. The van der Waals surface area contributed by atoms with Crippen LogP contribution in [-0.4, -0.2) is 22.9 Å². The van der Waals surface area contributed by atoms with Gasteiger partial charge in [-0.3, -0.25) is 9.78 Å². The summed E-state index contributed by atoms with van der Waals surface area (Å²) in [5.74, 6) is -4.75. The molecule has 0 spiro atoms. The Balaban J connectivity index is 2.23. The normalized spacial score (nSPS) is 10.2. The zero-order valence-corrected chi connectivity index (χ0v) is 10.2. The molecule has 0 radical (unpaired) electrons. The maximum Gasteiger partial charge on any atom is 0.275 e. The third kappa shape index (κ3) is 2.85. The van der Waals surface area contributed by atoms with Crippen molar-refractivity contribution in [2.24, 2.45) is 0 Å². The van der Waals surface area contributed by atoms with Gasteiger partial charge in [0.2, 0.25) is 0 Å². The third-order valence-electron chi connectivity index (χ3n) is 2.37. The molecule has 0 bridgehead atoms. The van der Waals surface area contributed by atoms with Crippen molar-refractivity contribution in [3.8, 4) is 0 Å². The van der Waals surface area contributed by atoms with Gasteiger partial charge < -0.3 is 10.6 Å². The lowest BCUT2D eigenvalue weighted by Gasteiger charge is -2.06. The van der Waals surface area contributed by atoms with Crippen LogP contribution in [0.3, 0.4) is 0 Å². The summed E-state index contributed by atoms with van der Waals surface area (Å²) < 4.78 is 38.8. The summed E-state index contributed by atoms with van der Waals surface area (Å²) in [7, 11) is 1.59. The molecule has 0 saturated carbocycles. The summed E-state index contributed by atoms with van der Waals surface area (Å²) in [4.78, 5) is 19.5. The SMILES string of the molecule is CNc1cncc(C(=O)Nc2cc(F)c(F)c(F)c2)n1. The summed E-state index contributed by atoms with van der Waals surface area (Å²) in [5, 5.41) is 4.89. The highest BCUT2D eigenvalue weighted by Crippen LogP contribution is 2.17. The van der Waals surface area contributed by atoms with Gasteiger partial charge in [-0.15, -0.1) is 0 Å². The Kier molecular flexibility index (Phi) is 3.83. The topological polar surface area (TPSA) is 66.9 Å². The van der Waals surface area contributed by atoms with Crippen molar-refractivity contribution in [3.05, 3.63) is 47.7 Å². The quantitative estimate of drug-likeness (QED) is 0.847. The van der Waals surface area contributed by atoms with E-state index in [9.17, 15) is 18.0 Å². The van der Waals surface area contributed by atoms with Gasteiger partial charge in [0.05, 0.1) is 12.4 Å². The van der Waals surface area contributed by atoms with Crippen LogP contribution in [0.4, 0.5) is 24.7 Å². The second-order valence-corrected chi connectivity index (χ2v) is 3.75. The van der Waals surface area contributed by atoms with Crippen molar-refractivity contribution < 1.29 is 18.0 Å². The average Bonchev–Trinajstić information content (AvgIpc) is 2.44. The van der Waals surface area contributed by atoms with Crippen LogP contribution in [-0.2, 0) is 0 Å². The Labute approximate surface area is 111 Å². The standard InChI is InChI=1S/C12H9F3N4O/c1-16-10-5-17-4-9(19-10)12(20)18-6-2-7(13)11(15)8(14)3-6/h2-5H,1H3,(H,16,19)(H,18,20). The van der Waals surface area contributed by atoms with Crippen molar-refractivity contribution in [2.45, 2.75) is 0 Å². The van der Waals surface area contributed by atoms with Crippen LogP contribution in [0.1, 0.15) is 10.5 Å². The molecule has 0 atom stereocenters. The van der Waals surface area contributed by atoms with Crippen LogP contribution in [0.25, 0.3) is 0 Å². The monoisotopic (exact) mass is 282 g/mol. The fraction of sp³-hybridized carbons (Fsp3) is 0.0833. The van der Waals surface area contributed by atoms with Crippen molar-refractivity contribution in [1.29, 1.82) is 0 Å². The molecule has 1 heterocycles. The number of benzene rings is 1. The highest BCUT2D eigenvalue weighted by Gasteiger charge is 2.14. The molecule has 104 valence electrons. The maximum absolute atomic E-state index is 13.0. The summed E-state index contributed by atoms with van der Waals surface area (Å²) in [6, 6.07) is 1.34. The molecule has 2 aromatic rings. The molecular formula is C12H9F3N4O. The van der Waals surface area contributed by atoms with Crippen molar-refractivity contribution >= 4 is 17.4 Å². The second kappa shape index (κ2) is 5.55. The van der Waals surface area contributed by atoms with E-state index in [0.717, 1.165) is 0 Å². The number of rotatable bonds is 3. The number of carbonyl (C=O) groups excluding carboxylic acids is 1. The van der Waals surface area contributed by atoms with Gasteiger partial charge in [0.1, 0.15) is 11.5 Å². The van der Waals surface area contributed by atoms with E-state index in [1.807, 2.05) is 0 Å². The van der Waals surface area contributed by atoms with Crippen LogP contribution in [0.5, 0.6) is 0 Å². The van der Waals surface area contributed by atoms with Gasteiger partial charge in [0, 0.05) is 24.9 Å². The van der Waals surface area contributed by atoms with E-state index in [4.69, 9.17) is 0 Å². The van der Waals surface area contributed by atoms with Crippen LogP contribution in [0, 0.1) is 17.5 Å². The molecule has 0 fully saturated rings. The lowest BCUT2D eigenvalue weighted by Crippen LogP contribution is -2.15. The third-order valence-corrected chi connectivity index (χ3v) is 2.37. The minimum Gasteiger partial charge on any atom is -0.372 e. The molecule has 0 aliphatic heterocycles. The molecule has 20 heavy (non-hydrogen) atoms. The number of anilines is 2. The van der Waals surface area contributed by atoms with Gasteiger partial charge in [0.15, 0.2) is 17.5 Å². The van der Waals surface area contributed by atoms with E-state index in [1.165, 1.54) is 12.4 Å². The Hall–Kier alpha value is -2.64. The molecular weight excluding hydrogens is 273 g/mol. The summed E-state index contributed by atoms with van der Waals surface area (Å²) in [6.45, 7) is 0. The molecule has 5 nitrogen and oxygen atoms in total. The Morgan fingerprint density at radius 2 is 1.80 bits per heavy atom. The number of aromatic nitrogens is 2. The highest BCUT2D eigenvalue weighted by atomic mass is 19.2. The first-order chi connectivity index (χ1) is 9.51. The summed E-state index contributed by atoms with van der Waals surface area (Å²) in [5.41, 5.74) is -0.273. The lowest BCUT2D eigenvalue weighted by molar-refractivity contribution is 0.102. The van der Waals surface area contributed by atoms with E-state index >= 15 is 0 Å². The predicted octanol–water partition coefficient (Wildman–Crippen LogP) is 2.19. The molecule has 0 aliphatic rings. The van der Waals surface area contributed by atoms with Crippen LogP contribution in [0.15, 0.2) is 24.5 Å². The van der Waals surface area contributed by atoms with Gasteiger partial charge in [-0.05, 0) is 0 Å². The van der Waals surface area contributed by atoms with Crippen LogP contribution < -0.4 is 10.6 Å². The Morgan fingerprint density at radius 1 is 1.15 bits per heavy atom. The number of carbonyl (C=O) groups is 1. The first kappa shape index (κ1) is 13.8. The smallest absolute Gasteiger partial charge is 0.275 e.